The number of benzene rings is 1. The maximum absolute atomic E-state index is 12.1. The fourth-order valence-corrected chi connectivity index (χ4v) is 3.24. The molecular formula is C15H27N3O2S. The van der Waals surface area contributed by atoms with Crippen LogP contribution in [0.5, 0.6) is 0 Å². The van der Waals surface area contributed by atoms with Crippen LogP contribution in [0.15, 0.2) is 23.1 Å². The number of nitrogen functional groups attached to an aromatic ring is 1. The van der Waals surface area contributed by atoms with E-state index in [1.165, 1.54) is 24.5 Å². The zero-order valence-electron chi connectivity index (χ0n) is 13.8. The molecule has 0 aliphatic carbocycles. The molecule has 21 heavy (non-hydrogen) atoms. The van der Waals surface area contributed by atoms with E-state index >= 15 is 0 Å². The lowest BCUT2D eigenvalue weighted by Gasteiger charge is -2.29. The molecule has 0 heterocycles. The van der Waals surface area contributed by atoms with Crippen LogP contribution in [0.25, 0.3) is 0 Å². The van der Waals surface area contributed by atoms with Crippen molar-refractivity contribution in [1.29, 1.82) is 0 Å². The van der Waals surface area contributed by atoms with Gasteiger partial charge in [0.2, 0.25) is 10.0 Å². The largest absolute Gasteiger partial charge is 0.397 e. The van der Waals surface area contributed by atoms with Gasteiger partial charge in [-0.05, 0) is 37.5 Å². The lowest BCUT2D eigenvalue weighted by Crippen LogP contribution is -2.30. The third-order valence-corrected chi connectivity index (χ3v) is 5.44. The lowest BCUT2D eigenvalue weighted by atomic mass is 10.0. The third kappa shape index (κ3) is 4.11. The summed E-state index contributed by atoms with van der Waals surface area (Å²) in [5.74, 6) is 0.595. The van der Waals surface area contributed by atoms with Crippen LogP contribution in [0.3, 0.4) is 0 Å². The van der Waals surface area contributed by atoms with E-state index < -0.39 is 10.0 Å². The van der Waals surface area contributed by atoms with E-state index in [9.17, 15) is 8.42 Å². The average Bonchev–Trinajstić information content (AvgIpc) is 2.36. The van der Waals surface area contributed by atoms with Gasteiger partial charge in [0.1, 0.15) is 0 Å². The minimum atomic E-state index is -3.45. The van der Waals surface area contributed by atoms with Gasteiger partial charge in [0, 0.05) is 27.2 Å². The molecule has 1 aromatic carbocycles. The minimum Gasteiger partial charge on any atom is -0.397 e. The maximum atomic E-state index is 12.1. The number of rotatable bonds is 6. The first kappa shape index (κ1) is 17.8. The molecule has 2 N–H and O–H groups in total. The van der Waals surface area contributed by atoms with Crippen molar-refractivity contribution >= 4 is 21.4 Å². The van der Waals surface area contributed by atoms with Gasteiger partial charge in [-0.15, -0.1) is 0 Å². The summed E-state index contributed by atoms with van der Waals surface area (Å²) >= 11 is 0. The van der Waals surface area contributed by atoms with Gasteiger partial charge >= 0.3 is 0 Å². The van der Waals surface area contributed by atoms with Gasteiger partial charge < -0.3 is 10.6 Å². The Bertz CT molecular complexity index is 583. The van der Waals surface area contributed by atoms with E-state index in [4.69, 9.17) is 5.73 Å². The Morgan fingerprint density at radius 1 is 1.14 bits per heavy atom. The SMILES string of the molecule is CC(C)CC(C)N(C)c1ccc(S(=O)(=O)N(C)C)cc1N. The average molecular weight is 313 g/mol. The highest BCUT2D eigenvalue weighted by Crippen LogP contribution is 2.28. The molecule has 0 saturated carbocycles. The molecule has 5 nitrogen and oxygen atoms in total. The number of nitrogens with two attached hydrogens (primary N) is 1. The molecule has 1 unspecified atom stereocenters. The van der Waals surface area contributed by atoms with E-state index in [1.807, 2.05) is 7.05 Å². The summed E-state index contributed by atoms with van der Waals surface area (Å²) in [6.07, 6.45) is 1.05. The summed E-state index contributed by atoms with van der Waals surface area (Å²) in [6.45, 7) is 6.50. The van der Waals surface area contributed by atoms with E-state index in [0.29, 0.717) is 17.6 Å². The summed E-state index contributed by atoms with van der Waals surface area (Å²) in [6, 6.07) is 5.26. The van der Waals surface area contributed by atoms with E-state index in [1.54, 1.807) is 12.1 Å². The number of hydrogen-bond donors (Lipinski definition) is 1. The van der Waals surface area contributed by atoms with Crippen LogP contribution in [0, 0.1) is 5.92 Å². The Balaban J connectivity index is 3.09. The zero-order chi connectivity index (χ0) is 16.4. The Kier molecular flexibility index (Phi) is 5.64. The molecule has 0 amide bonds. The third-order valence-electron chi connectivity index (χ3n) is 3.63. The van der Waals surface area contributed by atoms with Crippen LogP contribution >= 0.6 is 0 Å². The van der Waals surface area contributed by atoms with Gasteiger partial charge in [0.05, 0.1) is 16.3 Å². The first-order valence-corrected chi connectivity index (χ1v) is 8.56. The number of nitrogens with zero attached hydrogens (tertiary/aromatic N) is 2. The molecule has 6 heteroatoms. The smallest absolute Gasteiger partial charge is 0.242 e. The van der Waals surface area contributed by atoms with Crippen LogP contribution < -0.4 is 10.6 Å². The molecule has 1 atom stereocenters. The lowest BCUT2D eigenvalue weighted by molar-refractivity contribution is 0.504. The number of anilines is 2. The summed E-state index contributed by atoms with van der Waals surface area (Å²) in [7, 11) is 1.56. The molecule has 0 aliphatic rings. The molecule has 0 bridgehead atoms. The zero-order valence-corrected chi connectivity index (χ0v) is 14.6. The fourth-order valence-electron chi connectivity index (χ4n) is 2.30. The highest BCUT2D eigenvalue weighted by atomic mass is 32.2. The molecule has 0 fully saturated rings. The second-order valence-electron chi connectivity index (χ2n) is 6.10. The van der Waals surface area contributed by atoms with E-state index in [-0.39, 0.29) is 4.90 Å². The molecular weight excluding hydrogens is 286 g/mol. The molecule has 120 valence electrons. The number of hydrogen-bond acceptors (Lipinski definition) is 4. The van der Waals surface area contributed by atoms with Crippen molar-refractivity contribution in [3.63, 3.8) is 0 Å². The Labute approximate surface area is 128 Å². The first-order chi connectivity index (χ1) is 9.57. The second-order valence-corrected chi connectivity index (χ2v) is 8.25. The van der Waals surface area contributed by atoms with Gasteiger partial charge in [-0.25, -0.2) is 12.7 Å². The Hall–Kier alpha value is -1.27. The first-order valence-electron chi connectivity index (χ1n) is 7.12. The molecule has 0 aromatic heterocycles. The van der Waals surface area contributed by atoms with E-state index in [0.717, 1.165) is 12.1 Å². The topological polar surface area (TPSA) is 66.6 Å². The quantitative estimate of drug-likeness (QED) is 0.819. The Morgan fingerprint density at radius 3 is 2.14 bits per heavy atom. The molecule has 1 aromatic rings. The van der Waals surface area contributed by atoms with Crippen LogP contribution in [0.1, 0.15) is 27.2 Å². The molecule has 0 radical (unpaired) electrons. The van der Waals surface area contributed by atoms with Gasteiger partial charge in [0.25, 0.3) is 0 Å². The standard InChI is InChI=1S/C15H27N3O2S/c1-11(2)9-12(3)18(6)15-8-7-13(10-14(15)16)21(19,20)17(4)5/h7-8,10-12H,9,16H2,1-6H3. The highest BCUT2D eigenvalue weighted by molar-refractivity contribution is 7.89. The molecule has 0 spiro atoms. The minimum absolute atomic E-state index is 0.221. The van der Waals surface area contributed by atoms with Crippen molar-refractivity contribution in [2.75, 3.05) is 31.8 Å². The summed E-state index contributed by atoms with van der Waals surface area (Å²) in [5.41, 5.74) is 7.41. The molecule has 1 rings (SSSR count). The molecule has 0 saturated heterocycles. The van der Waals surface area contributed by atoms with Gasteiger partial charge in [-0.3, -0.25) is 0 Å². The van der Waals surface area contributed by atoms with E-state index in [2.05, 4.69) is 25.7 Å². The predicted molar refractivity (Wildman–Crippen MR) is 89.0 cm³/mol. The summed E-state index contributed by atoms with van der Waals surface area (Å²) in [4.78, 5) is 2.32. The van der Waals surface area contributed by atoms with Crippen LogP contribution in [-0.4, -0.2) is 39.9 Å². The summed E-state index contributed by atoms with van der Waals surface area (Å²) in [5, 5.41) is 0. The monoisotopic (exact) mass is 313 g/mol. The normalized spacial score (nSPS) is 13.7. The van der Waals surface area contributed by atoms with Crippen molar-refractivity contribution < 1.29 is 8.42 Å². The van der Waals surface area contributed by atoms with Crippen LogP contribution in [0.2, 0.25) is 0 Å². The Morgan fingerprint density at radius 2 is 1.71 bits per heavy atom. The van der Waals surface area contributed by atoms with Crippen molar-refractivity contribution in [3.05, 3.63) is 18.2 Å². The van der Waals surface area contributed by atoms with Gasteiger partial charge in [0.15, 0.2) is 0 Å². The fraction of sp³-hybridized carbons (Fsp3) is 0.600. The van der Waals surface area contributed by atoms with Crippen molar-refractivity contribution in [2.45, 2.75) is 38.1 Å². The van der Waals surface area contributed by atoms with Crippen molar-refractivity contribution in [1.82, 2.24) is 4.31 Å². The highest BCUT2D eigenvalue weighted by Gasteiger charge is 2.20. The maximum Gasteiger partial charge on any atom is 0.242 e. The molecule has 0 aliphatic heterocycles. The van der Waals surface area contributed by atoms with Crippen molar-refractivity contribution in [2.24, 2.45) is 5.92 Å². The van der Waals surface area contributed by atoms with Gasteiger partial charge in [-0.2, -0.15) is 0 Å². The van der Waals surface area contributed by atoms with Crippen molar-refractivity contribution in [3.8, 4) is 0 Å². The van der Waals surface area contributed by atoms with Crippen LogP contribution in [-0.2, 0) is 10.0 Å². The van der Waals surface area contributed by atoms with Crippen LogP contribution in [0.4, 0.5) is 11.4 Å². The second kappa shape index (κ2) is 6.66. The van der Waals surface area contributed by atoms with Gasteiger partial charge in [-0.1, -0.05) is 13.8 Å². The predicted octanol–water partition coefficient (Wildman–Crippen LogP) is 2.39. The summed E-state index contributed by atoms with van der Waals surface area (Å²) < 4.78 is 25.4. The number of sulfonamides is 1.